The average Bonchev–Trinajstić information content (AvgIpc) is 3.43. The molecule has 0 saturated heterocycles. The molecule has 3 aromatic heterocycles. The molecule has 0 saturated carbocycles. The molecule has 0 aliphatic rings. The van der Waals surface area contributed by atoms with Gasteiger partial charge in [0.25, 0.3) is 0 Å². The predicted molar refractivity (Wildman–Crippen MR) is 170 cm³/mol. The van der Waals surface area contributed by atoms with Gasteiger partial charge in [0.1, 0.15) is 11.6 Å². The topological polar surface area (TPSA) is 63.8 Å². The van der Waals surface area contributed by atoms with Gasteiger partial charge in [-0.1, -0.05) is 78.9 Å². The molecule has 5 heteroatoms. The maximum Gasteiger partial charge on any atom is 0.149 e. The summed E-state index contributed by atoms with van der Waals surface area (Å²) in [6.45, 7) is 4.01. The molecule has 0 spiro atoms. The van der Waals surface area contributed by atoms with Gasteiger partial charge in [0.15, 0.2) is 0 Å². The van der Waals surface area contributed by atoms with E-state index in [1.54, 1.807) is 0 Å². The molecule has 0 fully saturated rings. The zero-order valence-electron chi connectivity index (χ0n) is 23.4. The smallest absolute Gasteiger partial charge is 0.149 e. The van der Waals surface area contributed by atoms with E-state index >= 15 is 0 Å². The molecule has 3 heterocycles. The van der Waals surface area contributed by atoms with Crippen LogP contribution in [0.25, 0.3) is 61.6 Å². The normalized spacial score (nSPS) is 11.2. The Balaban J connectivity index is 1.41. The molecule has 0 radical (unpaired) electrons. The van der Waals surface area contributed by atoms with Crippen molar-refractivity contribution in [3.63, 3.8) is 0 Å². The lowest BCUT2D eigenvalue weighted by Gasteiger charge is -2.11. The minimum atomic E-state index is 0.0938. The maximum atomic E-state index is 10.8. The minimum Gasteiger partial charge on any atom is -0.506 e. The van der Waals surface area contributed by atoms with Crippen molar-refractivity contribution in [2.75, 3.05) is 0 Å². The highest BCUT2D eigenvalue weighted by Crippen LogP contribution is 2.38. The van der Waals surface area contributed by atoms with Gasteiger partial charge < -0.3 is 5.11 Å². The Morgan fingerprint density at radius 2 is 1.31 bits per heavy atom. The second-order valence-electron chi connectivity index (χ2n) is 10.5. The molecular weight excluding hydrogens is 516 g/mol. The number of hydrogen-bond acceptors (Lipinski definition) is 4. The molecule has 7 aromatic rings. The third-order valence-corrected chi connectivity index (χ3v) is 7.62. The quantitative estimate of drug-likeness (QED) is 0.235. The Hall–Kier alpha value is -5.55. The summed E-state index contributed by atoms with van der Waals surface area (Å²) >= 11 is 0. The SMILES string of the molecule is Cc1cc(-c2nc3c(-c4cccc(-c5cc(-c6ccccc6)c(C)cn5)c4)cccc3n2-c2ccccc2)c(O)cn1. The Morgan fingerprint density at radius 3 is 2.12 bits per heavy atom. The molecule has 0 aliphatic carbocycles. The van der Waals surface area contributed by atoms with Gasteiger partial charge >= 0.3 is 0 Å². The fraction of sp³-hybridized carbons (Fsp3) is 0.0541. The third kappa shape index (κ3) is 4.51. The molecular formula is C37H28N4O. The van der Waals surface area contributed by atoms with E-state index in [0.29, 0.717) is 11.4 Å². The molecule has 0 unspecified atom stereocenters. The van der Waals surface area contributed by atoms with Crippen molar-refractivity contribution in [2.45, 2.75) is 13.8 Å². The van der Waals surface area contributed by atoms with Crippen LogP contribution in [-0.2, 0) is 0 Å². The van der Waals surface area contributed by atoms with E-state index in [2.05, 4.69) is 101 Å². The standard InChI is InChI=1S/C37H28N4O/c1-24-22-39-33(21-31(24)26-11-5-3-6-12-26)28-14-9-13-27(20-28)30-17-10-18-34-36(30)40-37(32-19-25(2)38-23-35(32)42)41(34)29-15-7-4-8-16-29/h3-23,42H,1-2H3. The van der Waals surface area contributed by atoms with Crippen LogP contribution in [0.5, 0.6) is 5.75 Å². The number of nitrogens with zero attached hydrogens (tertiary/aromatic N) is 4. The van der Waals surface area contributed by atoms with Gasteiger partial charge in [0.2, 0.25) is 0 Å². The van der Waals surface area contributed by atoms with Gasteiger partial charge in [0, 0.05) is 28.7 Å². The number of rotatable bonds is 5. The number of para-hydroxylation sites is 2. The third-order valence-electron chi connectivity index (χ3n) is 7.62. The number of aromatic hydroxyl groups is 1. The van der Waals surface area contributed by atoms with Crippen molar-refractivity contribution < 1.29 is 5.11 Å². The summed E-state index contributed by atoms with van der Waals surface area (Å²) in [5, 5.41) is 10.8. The number of imidazole rings is 1. The molecule has 4 aromatic carbocycles. The molecule has 1 N–H and O–H groups in total. The van der Waals surface area contributed by atoms with Crippen LogP contribution in [0.4, 0.5) is 0 Å². The largest absolute Gasteiger partial charge is 0.506 e. The van der Waals surface area contributed by atoms with Crippen LogP contribution in [-0.4, -0.2) is 24.6 Å². The maximum absolute atomic E-state index is 10.8. The highest BCUT2D eigenvalue weighted by Gasteiger charge is 2.20. The van der Waals surface area contributed by atoms with Gasteiger partial charge in [0.05, 0.1) is 28.5 Å². The van der Waals surface area contributed by atoms with Gasteiger partial charge in [-0.05, 0) is 72.5 Å². The fourth-order valence-corrected chi connectivity index (χ4v) is 5.54. The van der Waals surface area contributed by atoms with E-state index < -0.39 is 0 Å². The van der Waals surface area contributed by atoms with Crippen molar-refractivity contribution >= 4 is 11.0 Å². The molecule has 42 heavy (non-hydrogen) atoms. The molecule has 0 bridgehead atoms. The van der Waals surface area contributed by atoms with E-state index in [0.717, 1.165) is 50.4 Å². The van der Waals surface area contributed by atoms with Crippen LogP contribution in [0, 0.1) is 13.8 Å². The molecule has 0 atom stereocenters. The summed E-state index contributed by atoms with van der Waals surface area (Å²) in [5.41, 5.74) is 11.7. The molecule has 7 rings (SSSR count). The molecule has 5 nitrogen and oxygen atoms in total. The summed E-state index contributed by atoms with van der Waals surface area (Å²) < 4.78 is 2.10. The average molecular weight is 545 g/mol. The summed E-state index contributed by atoms with van der Waals surface area (Å²) in [5.74, 6) is 0.756. The first-order chi connectivity index (χ1) is 20.6. The summed E-state index contributed by atoms with van der Waals surface area (Å²) in [7, 11) is 0. The predicted octanol–water partition coefficient (Wildman–Crippen LogP) is 8.81. The second-order valence-corrected chi connectivity index (χ2v) is 10.5. The molecule has 0 amide bonds. The number of fused-ring (bicyclic) bond motifs is 1. The molecule has 202 valence electrons. The minimum absolute atomic E-state index is 0.0938. The number of pyridine rings is 2. The first-order valence-corrected chi connectivity index (χ1v) is 13.9. The highest BCUT2D eigenvalue weighted by molar-refractivity contribution is 5.96. The number of benzene rings is 4. The highest BCUT2D eigenvalue weighted by atomic mass is 16.3. The monoisotopic (exact) mass is 544 g/mol. The van der Waals surface area contributed by atoms with E-state index in [9.17, 15) is 5.11 Å². The zero-order valence-corrected chi connectivity index (χ0v) is 23.4. The van der Waals surface area contributed by atoms with Crippen LogP contribution in [0.2, 0.25) is 0 Å². The van der Waals surface area contributed by atoms with Crippen LogP contribution < -0.4 is 0 Å². The van der Waals surface area contributed by atoms with Crippen molar-refractivity contribution in [3.8, 4) is 56.3 Å². The van der Waals surface area contributed by atoms with E-state index in [4.69, 9.17) is 9.97 Å². The lowest BCUT2D eigenvalue weighted by atomic mass is 9.97. The Bertz CT molecular complexity index is 2060. The van der Waals surface area contributed by atoms with Crippen LogP contribution in [0.3, 0.4) is 0 Å². The Kier molecular flexibility index (Phi) is 6.32. The van der Waals surface area contributed by atoms with Crippen molar-refractivity contribution in [1.82, 2.24) is 19.5 Å². The lowest BCUT2D eigenvalue weighted by molar-refractivity contribution is 0.474. The van der Waals surface area contributed by atoms with Crippen LogP contribution in [0.15, 0.2) is 128 Å². The van der Waals surface area contributed by atoms with Crippen molar-refractivity contribution in [3.05, 3.63) is 139 Å². The Labute approximate surface area is 244 Å². The van der Waals surface area contributed by atoms with Gasteiger partial charge in [-0.3, -0.25) is 14.5 Å². The lowest BCUT2D eigenvalue weighted by Crippen LogP contribution is -1.98. The summed E-state index contributed by atoms with van der Waals surface area (Å²) in [6, 6.07) is 39.3. The number of aryl methyl sites for hydroxylation is 2. The zero-order chi connectivity index (χ0) is 28.6. The number of aromatic nitrogens is 4. The summed E-state index contributed by atoms with van der Waals surface area (Å²) in [6.07, 6.45) is 3.43. The van der Waals surface area contributed by atoms with Gasteiger partial charge in [-0.2, -0.15) is 0 Å². The summed E-state index contributed by atoms with van der Waals surface area (Å²) in [4.78, 5) is 14.2. The fourth-order valence-electron chi connectivity index (χ4n) is 5.54. The van der Waals surface area contributed by atoms with E-state index in [-0.39, 0.29) is 5.75 Å². The Morgan fingerprint density at radius 1 is 0.595 bits per heavy atom. The van der Waals surface area contributed by atoms with Gasteiger partial charge in [-0.25, -0.2) is 4.98 Å². The van der Waals surface area contributed by atoms with Crippen LogP contribution in [0.1, 0.15) is 11.3 Å². The van der Waals surface area contributed by atoms with Crippen LogP contribution >= 0.6 is 0 Å². The van der Waals surface area contributed by atoms with Crippen molar-refractivity contribution in [1.29, 1.82) is 0 Å². The molecule has 0 aliphatic heterocycles. The van der Waals surface area contributed by atoms with E-state index in [1.807, 2.05) is 43.5 Å². The van der Waals surface area contributed by atoms with E-state index in [1.165, 1.54) is 17.3 Å². The number of hydrogen-bond donors (Lipinski definition) is 1. The first kappa shape index (κ1) is 25.4. The first-order valence-electron chi connectivity index (χ1n) is 13.9. The second kappa shape index (κ2) is 10.5. The van der Waals surface area contributed by atoms with Gasteiger partial charge in [-0.15, -0.1) is 0 Å². The van der Waals surface area contributed by atoms with Crippen molar-refractivity contribution in [2.24, 2.45) is 0 Å².